The highest BCUT2D eigenvalue weighted by molar-refractivity contribution is 6.35. The van der Waals surface area contributed by atoms with Crippen LogP contribution in [0.1, 0.15) is 60.5 Å². The monoisotopic (exact) mass is 589 g/mol. The molecule has 2 aromatic rings. The average molecular weight is 591 g/mol. The summed E-state index contributed by atoms with van der Waals surface area (Å²) >= 11 is 12.1. The lowest BCUT2D eigenvalue weighted by atomic mass is 9.64. The molecule has 216 valence electrons. The van der Waals surface area contributed by atoms with Gasteiger partial charge in [-0.3, -0.25) is 4.79 Å². The van der Waals surface area contributed by atoms with Crippen LogP contribution in [-0.4, -0.2) is 53.5 Å². The lowest BCUT2D eigenvalue weighted by Gasteiger charge is -2.43. The van der Waals surface area contributed by atoms with Crippen molar-refractivity contribution in [2.45, 2.75) is 66.6 Å². The van der Waals surface area contributed by atoms with Gasteiger partial charge in [0.05, 0.1) is 5.70 Å². The molecule has 0 radical (unpaired) electrons. The second kappa shape index (κ2) is 13.1. The van der Waals surface area contributed by atoms with Crippen molar-refractivity contribution in [3.8, 4) is 0 Å². The van der Waals surface area contributed by atoms with Crippen molar-refractivity contribution in [2.24, 2.45) is 10.8 Å². The average Bonchev–Trinajstić information content (AvgIpc) is 3.34. The van der Waals surface area contributed by atoms with Crippen LogP contribution in [0.5, 0.6) is 0 Å². The van der Waals surface area contributed by atoms with Gasteiger partial charge in [-0.15, -0.1) is 0 Å². The van der Waals surface area contributed by atoms with E-state index in [1.807, 2.05) is 34.6 Å². The largest absolute Gasteiger partial charge is 0.478 e. The first kappa shape index (κ1) is 33.2. The number of carboxylic acids is 1. The van der Waals surface area contributed by atoms with Gasteiger partial charge in [-0.1, -0.05) is 70.0 Å². The van der Waals surface area contributed by atoms with Gasteiger partial charge in [0.25, 0.3) is 0 Å². The van der Waals surface area contributed by atoms with Gasteiger partial charge in [-0.05, 0) is 66.3 Å². The fraction of sp³-hybridized carbons (Fsp3) is 0.400. The first-order valence-corrected chi connectivity index (χ1v) is 13.4. The van der Waals surface area contributed by atoms with E-state index >= 15 is 0 Å². The fourth-order valence-corrected chi connectivity index (χ4v) is 4.66. The van der Waals surface area contributed by atoms with Crippen molar-refractivity contribution in [2.75, 3.05) is 0 Å². The maximum Gasteiger partial charge on any atom is 0.328 e. The maximum absolute atomic E-state index is 11.6. The highest BCUT2D eigenvalue weighted by Crippen LogP contribution is 2.44. The van der Waals surface area contributed by atoms with Gasteiger partial charge in [0.1, 0.15) is 24.4 Å². The number of carboxylic acid groups (broad SMARTS) is 1. The molecule has 1 unspecified atom stereocenters. The molecule has 8 nitrogen and oxygen atoms in total. The van der Waals surface area contributed by atoms with E-state index in [-0.39, 0.29) is 17.6 Å². The molecule has 0 spiro atoms. The molecule has 1 heterocycles. The van der Waals surface area contributed by atoms with Crippen molar-refractivity contribution in [3.05, 3.63) is 81.9 Å². The van der Waals surface area contributed by atoms with Crippen LogP contribution in [0.2, 0.25) is 10.0 Å². The molecule has 0 aliphatic heterocycles. The van der Waals surface area contributed by atoms with E-state index in [0.717, 1.165) is 11.6 Å². The molecule has 40 heavy (non-hydrogen) atoms. The molecule has 0 amide bonds. The third kappa shape index (κ3) is 8.48. The number of ketones is 1. The van der Waals surface area contributed by atoms with E-state index in [9.17, 15) is 19.8 Å². The zero-order chi connectivity index (χ0) is 30.5. The van der Waals surface area contributed by atoms with Crippen molar-refractivity contribution >= 4 is 46.7 Å². The zero-order valence-electron chi connectivity index (χ0n) is 23.8. The number of carbonyl (C=O) groups excluding carboxylic acids is 1. The van der Waals surface area contributed by atoms with Crippen LogP contribution in [-0.2, 0) is 9.59 Å². The van der Waals surface area contributed by atoms with Crippen molar-refractivity contribution in [1.29, 1.82) is 0 Å². The Kier molecular flexibility index (Phi) is 10.8. The summed E-state index contributed by atoms with van der Waals surface area (Å²) in [6.07, 6.45) is 9.95. The summed E-state index contributed by atoms with van der Waals surface area (Å²) in [6, 6.07) is 5.22. The number of aliphatic carboxylic acids is 1. The van der Waals surface area contributed by atoms with E-state index in [4.69, 9.17) is 28.3 Å². The zero-order valence-corrected chi connectivity index (χ0v) is 25.3. The number of allylic oxidation sites excluding steroid dienone is 3. The van der Waals surface area contributed by atoms with Gasteiger partial charge < -0.3 is 15.3 Å². The van der Waals surface area contributed by atoms with Crippen molar-refractivity contribution < 1.29 is 24.9 Å². The lowest BCUT2D eigenvalue weighted by Crippen LogP contribution is -2.48. The van der Waals surface area contributed by atoms with Gasteiger partial charge in [0.2, 0.25) is 0 Å². The fourth-order valence-electron chi connectivity index (χ4n) is 4.19. The highest BCUT2D eigenvalue weighted by Gasteiger charge is 2.46. The Labute approximate surface area is 245 Å². The molecule has 1 aliphatic rings. The number of benzene rings is 1. The normalized spacial score (nSPS) is 20.6. The highest BCUT2D eigenvalue weighted by atomic mass is 35.5. The molecule has 3 N–H and O–H groups in total. The lowest BCUT2D eigenvalue weighted by molar-refractivity contribution is -0.131. The first-order valence-electron chi connectivity index (χ1n) is 12.6. The minimum absolute atomic E-state index is 0.00150. The quantitative estimate of drug-likeness (QED) is 0.269. The number of aliphatic hydroxyl groups excluding tert-OH is 1. The van der Waals surface area contributed by atoms with E-state index in [0.29, 0.717) is 26.9 Å². The Bertz CT molecular complexity index is 1350. The Balaban J connectivity index is 0.000000282. The van der Waals surface area contributed by atoms with E-state index in [1.54, 1.807) is 61.3 Å². The first-order chi connectivity index (χ1) is 18.4. The number of carbonyl (C=O) groups is 2. The smallest absolute Gasteiger partial charge is 0.328 e. The Morgan fingerprint density at radius 3 is 2.38 bits per heavy atom. The molecule has 10 heteroatoms. The SMILES string of the molecule is CC(C)(C)C(O)/C(=C\c1ccc(Cl)cc1Cl)n1cncn1.CC1=CC(=O)CC(C)(C)[C@@]1(O)/C=C/C(C)=C\C(=O)O. The summed E-state index contributed by atoms with van der Waals surface area (Å²) in [4.78, 5) is 26.0. The van der Waals surface area contributed by atoms with Gasteiger partial charge >= 0.3 is 5.97 Å². The minimum Gasteiger partial charge on any atom is -0.478 e. The Morgan fingerprint density at radius 2 is 1.88 bits per heavy atom. The molecule has 0 saturated carbocycles. The summed E-state index contributed by atoms with van der Waals surface area (Å²) < 4.78 is 1.54. The Morgan fingerprint density at radius 1 is 1.23 bits per heavy atom. The number of rotatable bonds is 6. The minimum atomic E-state index is -1.24. The number of halogens is 2. The number of hydrogen-bond donors (Lipinski definition) is 3. The van der Waals surface area contributed by atoms with Crippen molar-refractivity contribution in [1.82, 2.24) is 14.8 Å². The number of nitrogens with zero attached hydrogens (tertiary/aromatic N) is 3. The summed E-state index contributed by atoms with van der Waals surface area (Å²) in [5, 5.41) is 35.2. The molecular weight excluding hydrogens is 553 g/mol. The molecule has 1 aliphatic carbocycles. The molecule has 1 aromatic carbocycles. The van der Waals surface area contributed by atoms with Crippen LogP contribution in [0.25, 0.3) is 11.8 Å². The summed E-state index contributed by atoms with van der Waals surface area (Å²) in [7, 11) is 0. The predicted molar refractivity (Wildman–Crippen MR) is 159 cm³/mol. The summed E-state index contributed by atoms with van der Waals surface area (Å²) in [6.45, 7) is 12.8. The van der Waals surface area contributed by atoms with E-state index < -0.39 is 23.1 Å². The maximum atomic E-state index is 11.6. The van der Waals surface area contributed by atoms with Crippen LogP contribution in [0.4, 0.5) is 0 Å². The summed E-state index contributed by atoms with van der Waals surface area (Å²) in [5.41, 5.74) is 0.252. The van der Waals surface area contributed by atoms with E-state index in [2.05, 4.69) is 10.1 Å². The second-order valence-electron chi connectivity index (χ2n) is 11.5. The molecule has 0 bridgehead atoms. The molecule has 0 fully saturated rings. The van der Waals surface area contributed by atoms with Crippen LogP contribution in [0.15, 0.2) is 66.3 Å². The third-order valence-electron chi connectivity index (χ3n) is 6.61. The predicted octanol–water partition coefficient (Wildman–Crippen LogP) is 6.24. The summed E-state index contributed by atoms with van der Waals surface area (Å²) in [5.74, 6) is -1.03. The Hall–Kier alpha value is -3.04. The molecule has 1 aromatic heterocycles. The van der Waals surface area contributed by atoms with E-state index in [1.165, 1.54) is 12.4 Å². The topological polar surface area (TPSA) is 126 Å². The number of aliphatic hydroxyl groups is 2. The third-order valence-corrected chi connectivity index (χ3v) is 7.18. The van der Waals surface area contributed by atoms with Gasteiger partial charge in [-0.2, -0.15) is 5.10 Å². The molecular formula is C30H37Cl2N3O5. The molecule has 2 atom stereocenters. The second-order valence-corrected chi connectivity index (χ2v) is 12.4. The van der Waals surface area contributed by atoms with Crippen LogP contribution >= 0.6 is 23.2 Å². The van der Waals surface area contributed by atoms with Crippen LogP contribution in [0, 0.1) is 10.8 Å². The van der Waals surface area contributed by atoms with Gasteiger partial charge in [-0.25, -0.2) is 14.5 Å². The van der Waals surface area contributed by atoms with Crippen molar-refractivity contribution in [3.63, 3.8) is 0 Å². The van der Waals surface area contributed by atoms with Gasteiger partial charge in [0, 0.05) is 28.0 Å². The number of aromatic nitrogens is 3. The van der Waals surface area contributed by atoms with Crippen LogP contribution in [0.3, 0.4) is 0 Å². The van der Waals surface area contributed by atoms with Crippen LogP contribution < -0.4 is 0 Å². The number of hydrogen-bond acceptors (Lipinski definition) is 6. The van der Waals surface area contributed by atoms with Gasteiger partial charge in [0.15, 0.2) is 5.78 Å². The molecule has 0 saturated heterocycles. The standard InChI is InChI=1S/C15H17Cl2N3O.C15H20O4/c1-15(2,3)14(21)13(20-9-18-8-19-20)6-10-4-5-11(16)7-12(10)17;1-10(7-13(17)18)5-6-15(19)11(2)8-12(16)9-14(15,3)4/h4-9,14,21H,1-3H3;5-8,19H,9H2,1-4H3,(H,17,18)/b13-6+;6-5+,10-7-/t;15-/m.1/s1. The molecule has 3 rings (SSSR count).